The van der Waals surface area contributed by atoms with Gasteiger partial charge in [0.2, 0.25) is 0 Å². The van der Waals surface area contributed by atoms with Crippen LogP contribution in [0.15, 0.2) is 24.3 Å². The van der Waals surface area contributed by atoms with Crippen molar-refractivity contribution in [1.29, 1.82) is 0 Å². The van der Waals surface area contributed by atoms with Gasteiger partial charge in [0.15, 0.2) is 6.10 Å². The van der Waals surface area contributed by atoms with Gasteiger partial charge in [-0.1, -0.05) is 17.7 Å². The molecule has 0 spiro atoms. The second kappa shape index (κ2) is 5.23. The monoisotopic (exact) mass is 281 g/mol. The van der Waals surface area contributed by atoms with Crippen molar-refractivity contribution in [3.8, 4) is 0 Å². The van der Waals surface area contributed by atoms with Gasteiger partial charge in [0, 0.05) is 16.5 Å². The Kier molecular flexibility index (Phi) is 3.83. The summed E-state index contributed by atoms with van der Waals surface area (Å²) >= 11 is 6.01. The molecule has 0 amide bonds. The molecule has 19 heavy (non-hydrogen) atoms. The van der Waals surface area contributed by atoms with Crippen LogP contribution in [0.25, 0.3) is 10.9 Å². The van der Waals surface area contributed by atoms with Gasteiger partial charge in [-0.3, -0.25) is 0 Å². The van der Waals surface area contributed by atoms with Crippen LogP contribution in [0.5, 0.6) is 0 Å². The fraction of sp³-hybridized carbons (Fsp3) is 0.357. The summed E-state index contributed by atoms with van der Waals surface area (Å²) < 4.78 is 6.48. The molecule has 2 rings (SSSR count). The molecular formula is C14H16ClNO3. The summed E-state index contributed by atoms with van der Waals surface area (Å²) in [6, 6.07) is 7.34. The van der Waals surface area contributed by atoms with E-state index in [4.69, 9.17) is 11.6 Å². The summed E-state index contributed by atoms with van der Waals surface area (Å²) in [5.41, 5.74) is 1.40. The minimum Gasteiger partial charge on any atom is -0.467 e. The smallest absolute Gasteiger partial charge is 0.340 e. The van der Waals surface area contributed by atoms with Gasteiger partial charge >= 0.3 is 5.97 Å². The van der Waals surface area contributed by atoms with E-state index in [9.17, 15) is 9.90 Å². The molecule has 0 saturated heterocycles. The summed E-state index contributed by atoms with van der Waals surface area (Å²) in [6.45, 7) is 3.96. The summed E-state index contributed by atoms with van der Waals surface area (Å²) in [6.07, 6.45) is -1.29. The van der Waals surface area contributed by atoms with Gasteiger partial charge in [0.05, 0.1) is 18.3 Å². The Bertz CT molecular complexity index is 618. The summed E-state index contributed by atoms with van der Waals surface area (Å²) in [7, 11) is 1.25. The highest BCUT2D eigenvalue weighted by Crippen LogP contribution is 2.30. The van der Waals surface area contributed by atoms with Crippen LogP contribution in [0.4, 0.5) is 0 Å². The van der Waals surface area contributed by atoms with Crippen LogP contribution in [-0.4, -0.2) is 22.8 Å². The van der Waals surface area contributed by atoms with Crippen molar-refractivity contribution in [2.45, 2.75) is 26.0 Å². The molecule has 4 nitrogen and oxygen atoms in total. The first kappa shape index (κ1) is 13.9. The number of nitrogens with zero attached hydrogens (tertiary/aromatic N) is 1. The van der Waals surface area contributed by atoms with Gasteiger partial charge in [0.1, 0.15) is 0 Å². The van der Waals surface area contributed by atoms with E-state index < -0.39 is 12.1 Å². The number of fused-ring (bicyclic) bond motifs is 1. The molecule has 102 valence electrons. The van der Waals surface area contributed by atoms with E-state index in [1.165, 1.54) is 7.11 Å². The predicted octanol–water partition coefficient (Wildman–Crippen LogP) is 3.08. The molecule has 1 atom stereocenters. The highest BCUT2D eigenvalue weighted by Gasteiger charge is 2.24. The average molecular weight is 282 g/mol. The Morgan fingerprint density at radius 2 is 2.05 bits per heavy atom. The number of hydrogen-bond donors (Lipinski definition) is 1. The van der Waals surface area contributed by atoms with E-state index in [0.717, 1.165) is 10.9 Å². The van der Waals surface area contributed by atoms with Crippen molar-refractivity contribution in [1.82, 2.24) is 4.57 Å². The number of benzene rings is 1. The Labute approximate surface area is 116 Å². The van der Waals surface area contributed by atoms with Gasteiger partial charge in [-0.15, -0.1) is 0 Å². The lowest BCUT2D eigenvalue weighted by molar-refractivity contribution is -0.151. The van der Waals surface area contributed by atoms with Gasteiger partial charge in [-0.25, -0.2) is 4.79 Å². The highest BCUT2D eigenvalue weighted by molar-refractivity contribution is 6.31. The van der Waals surface area contributed by atoms with Crippen LogP contribution in [0, 0.1) is 0 Å². The zero-order valence-corrected chi connectivity index (χ0v) is 11.8. The van der Waals surface area contributed by atoms with Crippen LogP contribution in [0.3, 0.4) is 0 Å². The summed E-state index contributed by atoms with van der Waals surface area (Å²) in [5.74, 6) is -0.671. The molecule has 0 aliphatic heterocycles. The molecule has 2 aromatic rings. The quantitative estimate of drug-likeness (QED) is 0.880. The summed E-state index contributed by atoms with van der Waals surface area (Å²) in [5, 5.41) is 11.6. The van der Waals surface area contributed by atoms with Gasteiger partial charge in [-0.05, 0) is 32.0 Å². The number of esters is 1. The van der Waals surface area contributed by atoms with Crippen LogP contribution in [-0.2, 0) is 9.53 Å². The van der Waals surface area contributed by atoms with E-state index in [2.05, 4.69) is 4.74 Å². The molecule has 0 radical (unpaired) electrons. The fourth-order valence-corrected chi connectivity index (χ4v) is 2.40. The number of halogens is 1. The summed E-state index contributed by atoms with van der Waals surface area (Å²) in [4.78, 5) is 11.5. The van der Waals surface area contributed by atoms with Crippen molar-refractivity contribution in [2.75, 3.05) is 7.11 Å². The molecule has 1 aromatic heterocycles. The second-order valence-electron chi connectivity index (χ2n) is 4.66. The lowest BCUT2D eigenvalue weighted by Crippen LogP contribution is -2.18. The van der Waals surface area contributed by atoms with Gasteiger partial charge in [0.25, 0.3) is 0 Å². The molecule has 0 aliphatic carbocycles. The molecule has 1 heterocycles. The van der Waals surface area contributed by atoms with Crippen molar-refractivity contribution in [2.24, 2.45) is 0 Å². The molecule has 0 aliphatic rings. The maximum Gasteiger partial charge on any atom is 0.340 e. The SMILES string of the molecule is COC(=O)C(O)c1cc2ccc(Cl)cc2n1C(C)C. The molecule has 1 aromatic carbocycles. The molecule has 1 N–H and O–H groups in total. The number of carbonyl (C=O) groups is 1. The number of methoxy groups -OCH3 is 1. The molecule has 1 unspecified atom stereocenters. The zero-order chi connectivity index (χ0) is 14.2. The lowest BCUT2D eigenvalue weighted by Gasteiger charge is -2.17. The molecule has 0 bridgehead atoms. The van der Waals surface area contributed by atoms with Crippen molar-refractivity contribution in [3.63, 3.8) is 0 Å². The molecular weight excluding hydrogens is 266 g/mol. The largest absolute Gasteiger partial charge is 0.467 e. The van der Waals surface area contributed by atoms with Gasteiger partial charge in [-0.2, -0.15) is 0 Å². The van der Waals surface area contributed by atoms with E-state index in [-0.39, 0.29) is 6.04 Å². The normalized spacial score (nSPS) is 12.9. The van der Waals surface area contributed by atoms with Gasteiger partial charge < -0.3 is 14.4 Å². The maximum absolute atomic E-state index is 11.5. The first-order valence-corrected chi connectivity index (χ1v) is 6.39. The average Bonchev–Trinajstić information content (AvgIpc) is 2.75. The zero-order valence-electron chi connectivity index (χ0n) is 11.1. The number of ether oxygens (including phenoxy) is 1. The third-order valence-electron chi connectivity index (χ3n) is 3.05. The van der Waals surface area contributed by atoms with E-state index >= 15 is 0 Å². The standard InChI is InChI=1S/C14H16ClNO3/c1-8(2)16-11-7-10(15)5-4-9(11)6-12(16)13(17)14(18)19-3/h4-8,13,17H,1-3H3. The van der Waals surface area contributed by atoms with Crippen LogP contribution in [0.2, 0.25) is 5.02 Å². The number of hydrogen-bond acceptors (Lipinski definition) is 3. The number of rotatable bonds is 3. The number of aromatic nitrogens is 1. The van der Waals surface area contributed by atoms with Crippen LogP contribution in [0.1, 0.15) is 31.7 Å². The Morgan fingerprint density at radius 3 is 2.63 bits per heavy atom. The van der Waals surface area contributed by atoms with Crippen LogP contribution < -0.4 is 0 Å². The van der Waals surface area contributed by atoms with Crippen LogP contribution >= 0.6 is 11.6 Å². The Hall–Kier alpha value is -1.52. The number of aliphatic hydroxyl groups excluding tert-OH is 1. The third-order valence-corrected chi connectivity index (χ3v) is 3.29. The minimum absolute atomic E-state index is 0.0882. The number of carbonyl (C=O) groups excluding carboxylic acids is 1. The molecule has 5 heteroatoms. The highest BCUT2D eigenvalue weighted by atomic mass is 35.5. The Balaban J connectivity index is 2.66. The number of aliphatic hydroxyl groups is 1. The fourth-order valence-electron chi connectivity index (χ4n) is 2.23. The first-order valence-electron chi connectivity index (χ1n) is 6.02. The van der Waals surface area contributed by atoms with E-state index in [0.29, 0.717) is 10.7 Å². The van der Waals surface area contributed by atoms with E-state index in [1.54, 1.807) is 12.1 Å². The lowest BCUT2D eigenvalue weighted by atomic mass is 10.2. The molecule has 0 saturated carbocycles. The topological polar surface area (TPSA) is 51.5 Å². The van der Waals surface area contributed by atoms with Crippen molar-refractivity contribution < 1.29 is 14.6 Å². The Morgan fingerprint density at radius 1 is 1.37 bits per heavy atom. The third kappa shape index (κ3) is 2.46. The first-order chi connectivity index (χ1) is 8.95. The molecule has 0 fully saturated rings. The predicted molar refractivity (Wildman–Crippen MR) is 74.3 cm³/mol. The van der Waals surface area contributed by atoms with Crippen molar-refractivity contribution >= 4 is 28.5 Å². The van der Waals surface area contributed by atoms with Crippen molar-refractivity contribution in [3.05, 3.63) is 35.0 Å². The minimum atomic E-state index is -1.29. The maximum atomic E-state index is 11.5. The van der Waals surface area contributed by atoms with E-state index in [1.807, 2.05) is 30.5 Å². The second-order valence-corrected chi connectivity index (χ2v) is 5.10.